The molecule has 2 aromatic rings. The van der Waals surface area contributed by atoms with Crippen molar-refractivity contribution in [3.05, 3.63) is 46.9 Å². The van der Waals surface area contributed by atoms with Crippen LogP contribution < -0.4 is 0 Å². The van der Waals surface area contributed by atoms with Crippen molar-refractivity contribution in [3.8, 4) is 0 Å². The predicted molar refractivity (Wildman–Crippen MR) is 79.7 cm³/mol. The summed E-state index contributed by atoms with van der Waals surface area (Å²) in [7, 11) is 1.57. The molecule has 0 fully saturated rings. The van der Waals surface area contributed by atoms with Gasteiger partial charge >= 0.3 is 0 Å². The largest absolute Gasteiger partial charge is 0.329 e. The molecule has 0 saturated heterocycles. The van der Waals surface area contributed by atoms with Gasteiger partial charge in [-0.1, -0.05) is 36.2 Å². The fourth-order valence-electron chi connectivity index (χ4n) is 2.32. The summed E-state index contributed by atoms with van der Waals surface area (Å²) in [5.74, 6) is 0.711. The van der Waals surface area contributed by atoms with E-state index in [9.17, 15) is 8.42 Å². The van der Waals surface area contributed by atoms with Crippen molar-refractivity contribution < 1.29 is 8.42 Å². The van der Waals surface area contributed by atoms with E-state index in [1.54, 1.807) is 0 Å². The summed E-state index contributed by atoms with van der Waals surface area (Å²) < 4.78 is 24.6. The molecular weight excluding hydrogens is 296 g/mol. The standard InChI is InChI=1S/C14H17ClN2O2S/c1-4-13-16-14(20(15,18)19)9-17(13)8-12-6-10(2)5-11(3)7-12/h5-7,9H,4,8H2,1-3H3. The minimum atomic E-state index is -3.78. The van der Waals surface area contributed by atoms with Crippen molar-refractivity contribution >= 4 is 19.7 Å². The van der Waals surface area contributed by atoms with Gasteiger partial charge in [-0.2, -0.15) is 0 Å². The van der Waals surface area contributed by atoms with Gasteiger partial charge in [0.2, 0.25) is 0 Å². The zero-order valence-electron chi connectivity index (χ0n) is 11.7. The summed E-state index contributed by atoms with van der Waals surface area (Å²) in [4.78, 5) is 4.08. The highest BCUT2D eigenvalue weighted by Crippen LogP contribution is 2.17. The molecular formula is C14H17ClN2O2S. The molecule has 1 aromatic heterocycles. The topological polar surface area (TPSA) is 52.0 Å². The van der Waals surface area contributed by atoms with Gasteiger partial charge in [-0.15, -0.1) is 0 Å². The summed E-state index contributed by atoms with van der Waals surface area (Å²) in [5.41, 5.74) is 3.49. The first kappa shape index (κ1) is 15.1. The van der Waals surface area contributed by atoms with Crippen molar-refractivity contribution in [2.24, 2.45) is 0 Å². The van der Waals surface area contributed by atoms with Crippen LogP contribution in [0.25, 0.3) is 0 Å². The first-order valence-electron chi connectivity index (χ1n) is 6.37. The van der Waals surface area contributed by atoms with Gasteiger partial charge in [0, 0.05) is 29.8 Å². The van der Waals surface area contributed by atoms with Crippen molar-refractivity contribution in [1.82, 2.24) is 9.55 Å². The number of rotatable bonds is 4. The third-order valence-corrected chi connectivity index (χ3v) is 4.21. The van der Waals surface area contributed by atoms with Crippen LogP contribution in [0.15, 0.2) is 29.4 Å². The number of hydrogen-bond acceptors (Lipinski definition) is 3. The number of nitrogens with zero attached hydrogens (tertiary/aromatic N) is 2. The molecule has 108 valence electrons. The Morgan fingerprint density at radius 2 is 1.80 bits per heavy atom. The van der Waals surface area contributed by atoms with Crippen LogP contribution >= 0.6 is 10.7 Å². The maximum absolute atomic E-state index is 11.4. The normalized spacial score (nSPS) is 11.8. The molecule has 1 aromatic carbocycles. The first-order valence-corrected chi connectivity index (χ1v) is 8.68. The lowest BCUT2D eigenvalue weighted by Crippen LogP contribution is -2.03. The SMILES string of the molecule is CCc1nc(S(=O)(=O)Cl)cn1Cc1cc(C)cc(C)c1. The number of hydrogen-bond donors (Lipinski definition) is 0. The smallest absolute Gasteiger partial charge is 0.280 e. The fraction of sp³-hybridized carbons (Fsp3) is 0.357. The molecule has 0 N–H and O–H groups in total. The van der Waals surface area contributed by atoms with Gasteiger partial charge in [0.1, 0.15) is 5.82 Å². The van der Waals surface area contributed by atoms with Gasteiger partial charge < -0.3 is 4.57 Å². The molecule has 0 radical (unpaired) electrons. The molecule has 0 amide bonds. The second-order valence-electron chi connectivity index (χ2n) is 4.91. The highest BCUT2D eigenvalue weighted by Gasteiger charge is 2.17. The molecule has 0 aliphatic heterocycles. The molecule has 1 heterocycles. The monoisotopic (exact) mass is 312 g/mol. The molecule has 4 nitrogen and oxygen atoms in total. The third-order valence-electron chi connectivity index (χ3n) is 3.04. The molecule has 20 heavy (non-hydrogen) atoms. The molecule has 0 atom stereocenters. The van der Waals surface area contributed by atoms with Crippen LogP contribution in [0.3, 0.4) is 0 Å². The van der Waals surface area contributed by atoms with Crippen molar-refractivity contribution in [3.63, 3.8) is 0 Å². The lowest BCUT2D eigenvalue weighted by molar-refractivity contribution is 0.606. The van der Waals surface area contributed by atoms with Crippen LogP contribution in [0.5, 0.6) is 0 Å². The molecule has 0 spiro atoms. The number of halogens is 1. The zero-order chi connectivity index (χ0) is 14.9. The number of aryl methyl sites for hydroxylation is 3. The van der Waals surface area contributed by atoms with Crippen LogP contribution in [0.4, 0.5) is 0 Å². The average Bonchev–Trinajstić information content (AvgIpc) is 2.70. The molecule has 6 heteroatoms. The Hall–Kier alpha value is -1.33. The maximum Gasteiger partial charge on any atom is 0.280 e. The lowest BCUT2D eigenvalue weighted by atomic mass is 10.1. The van der Waals surface area contributed by atoms with E-state index >= 15 is 0 Å². The number of benzene rings is 1. The summed E-state index contributed by atoms with van der Waals surface area (Å²) in [6.45, 7) is 6.61. The van der Waals surface area contributed by atoms with Crippen LogP contribution in [0, 0.1) is 13.8 Å². The number of imidazole rings is 1. The van der Waals surface area contributed by atoms with Gasteiger partial charge in [0.05, 0.1) is 0 Å². The predicted octanol–water partition coefficient (Wildman–Crippen LogP) is 3.04. The maximum atomic E-state index is 11.4. The Bertz CT molecular complexity index is 715. The molecule has 0 bridgehead atoms. The fourth-order valence-corrected chi connectivity index (χ4v) is 3.01. The zero-order valence-corrected chi connectivity index (χ0v) is 13.3. The molecule has 0 aliphatic carbocycles. The van der Waals surface area contributed by atoms with Crippen molar-refractivity contribution in [2.75, 3.05) is 0 Å². The molecule has 0 saturated carbocycles. The number of aromatic nitrogens is 2. The van der Waals surface area contributed by atoms with Crippen LogP contribution in [0.1, 0.15) is 29.4 Å². The second-order valence-corrected chi connectivity index (χ2v) is 7.42. The summed E-state index contributed by atoms with van der Waals surface area (Å²) >= 11 is 0. The van der Waals surface area contributed by atoms with E-state index in [0.717, 1.165) is 5.56 Å². The Balaban J connectivity index is 2.40. The Morgan fingerprint density at radius 1 is 1.20 bits per heavy atom. The Kier molecular flexibility index (Phi) is 4.20. The summed E-state index contributed by atoms with van der Waals surface area (Å²) in [6.07, 6.45) is 2.15. The van der Waals surface area contributed by atoms with Gasteiger partial charge in [-0.05, 0) is 19.4 Å². The summed E-state index contributed by atoms with van der Waals surface area (Å²) in [5, 5.41) is -0.0830. The summed E-state index contributed by atoms with van der Waals surface area (Å²) in [6, 6.07) is 6.27. The Labute approximate surface area is 123 Å². The average molecular weight is 313 g/mol. The van der Waals surface area contributed by atoms with Crippen LogP contribution in [-0.4, -0.2) is 18.0 Å². The minimum Gasteiger partial charge on any atom is -0.329 e. The van der Waals surface area contributed by atoms with E-state index in [2.05, 4.69) is 23.2 Å². The third kappa shape index (κ3) is 3.41. The van der Waals surface area contributed by atoms with Crippen molar-refractivity contribution in [2.45, 2.75) is 38.8 Å². The van der Waals surface area contributed by atoms with Crippen molar-refractivity contribution in [1.29, 1.82) is 0 Å². The van der Waals surface area contributed by atoms with Gasteiger partial charge in [-0.25, -0.2) is 13.4 Å². The van der Waals surface area contributed by atoms with Gasteiger partial charge in [0.25, 0.3) is 9.05 Å². The first-order chi connectivity index (χ1) is 9.29. The lowest BCUT2D eigenvalue weighted by Gasteiger charge is -2.08. The molecule has 0 unspecified atom stereocenters. The van der Waals surface area contributed by atoms with E-state index in [1.165, 1.54) is 17.3 Å². The van der Waals surface area contributed by atoms with Crippen LogP contribution in [0.2, 0.25) is 0 Å². The highest BCUT2D eigenvalue weighted by atomic mass is 35.7. The second kappa shape index (κ2) is 5.58. The van der Waals surface area contributed by atoms with E-state index in [-0.39, 0.29) is 5.03 Å². The van der Waals surface area contributed by atoms with E-state index in [1.807, 2.05) is 25.3 Å². The quantitative estimate of drug-likeness (QED) is 0.815. The minimum absolute atomic E-state index is 0.0830. The molecule has 2 rings (SSSR count). The van der Waals surface area contributed by atoms with E-state index in [0.29, 0.717) is 18.8 Å². The highest BCUT2D eigenvalue weighted by molar-refractivity contribution is 8.13. The van der Waals surface area contributed by atoms with Crippen LogP contribution in [-0.2, 0) is 22.0 Å². The van der Waals surface area contributed by atoms with Gasteiger partial charge in [-0.3, -0.25) is 0 Å². The van der Waals surface area contributed by atoms with Gasteiger partial charge in [0.15, 0.2) is 5.03 Å². The van der Waals surface area contributed by atoms with E-state index < -0.39 is 9.05 Å². The van der Waals surface area contributed by atoms with E-state index in [4.69, 9.17) is 10.7 Å². The molecule has 0 aliphatic rings. The Morgan fingerprint density at radius 3 is 2.30 bits per heavy atom.